The van der Waals surface area contributed by atoms with Gasteiger partial charge in [-0.2, -0.15) is 0 Å². The van der Waals surface area contributed by atoms with Crippen molar-refractivity contribution in [2.75, 3.05) is 32.7 Å². The van der Waals surface area contributed by atoms with Gasteiger partial charge >= 0.3 is 5.97 Å². The Hall–Kier alpha value is -4.52. The van der Waals surface area contributed by atoms with Crippen LogP contribution >= 0.6 is 11.3 Å². The topological polar surface area (TPSA) is 172 Å². The summed E-state index contributed by atoms with van der Waals surface area (Å²) in [6, 6.07) is 18.1. The minimum atomic E-state index is -1.12. The van der Waals surface area contributed by atoms with E-state index in [-0.39, 0.29) is 48.3 Å². The average molecular weight is 605 g/mol. The number of phenolic OH excluding ortho intramolecular Hbond substituents is 1. The van der Waals surface area contributed by atoms with Crippen molar-refractivity contribution in [3.63, 3.8) is 0 Å². The number of aliphatic hydroxyl groups excluding tert-OH is 1. The summed E-state index contributed by atoms with van der Waals surface area (Å²) >= 11 is 1.08. The first kappa shape index (κ1) is 30.0. The van der Waals surface area contributed by atoms with E-state index in [1.54, 1.807) is 48.5 Å². The number of H-pyrrole nitrogens is 1. The van der Waals surface area contributed by atoms with Crippen LogP contribution in [0.15, 0.2) is 71.5 Å². The average Bonchev–Trinajstić information content (AvgIpc) is 3.47. The smallest absolute Gasteiger partial charge is 0.317 e. The molecule has 1 fully saturated rings. The number of phenols is 1. The molecule has 1 aliphatic rings. The first-order valence-corrected chi connectivity index (χ1v) is 14.7. The highest BCUT2D eigenvalue weighted by Gasteiger charge is 2.52. The number of benzene rings is 2. The number of nitrogens with zero attached hydrogens (tertiary/aromatic N) is 1. The zero-order valence-electron chi connectivity index (χ0n) is 23.2. The third-order valence-electron chi connectivity index (χ3n) is 7.65. The molecule has 11 nitrogen and oxygen atoms in total. The normalized spacial score (nSPS) is 14.7. The molecule has 1 unspecified atom stereocenters. The second-order valence-electron chi connectivity index (χ2n) is 10.5. The van der Waals surface area contributed by atoms with E-state index in [1.165, 1.54) is 17.0 Å². The number of carboxylic acid groups (broad SMARTS) is 1. The van der Waals surface area contributed by atoms with Crippen LogP contribution in [0.5, 0.6) is 5.75 Å². The van der Waals surface area contributed by atoms with Crippen molar-refractivity contribution in [3.8, 4) is 5.75 Å². The molecule has 4 aromatic rings. The highest BCUT2D eigenvalue weighted by molar-refractivity contribution is 7.15. The summed E-state index contributed by atoms with van der Waals surface area (Å²) in [5.74, 6) is -1.60. The Labute approximate surface area is 250 Å². The Kier molecular flexibility index (Phi) is 8.90. The number of rotatable bonds is 12. The molecule has 224 valence electrons. The van der Waals surface area contributed by atoms with E-state index < -0.39 is 17.5 Å². The van der Waals surface area contributed by atoms with Crippen LogP contribution in [-0.4, -0.2) is 75.7 Å². The second kappa shape index (κ2) is 12.8. The number of carbonyl (C=O) groups is 3. The molecule has 5 rings (SSSR count). The number of fused-ring (bicyclic) bond motifs is 1. The summed E-state index contributed by atoms with van der Waals surface area (Å²) in [5.41, 5.74) is 0.0683. The number of aromatic hydroxyl groups is 1. The van der Waals surface area contributed by atoms with Crippen molar-refractivity contribution in [2.24, 2.45) is 0 Å². The van der Waals surface area contributed by atoms with Gasteiger partial charge in [0.2, 0.25) is 5.56 Å². The summed E-state index contributed by atoms with van der Waals surface area (Å²) in [7, 11) is 0. The molecule has 2 aromatic carbocycles. The van der Waals surface area contributed by atoms with Crippen molar-refractivity contribution in [2.45, 2.75) is 24.4 Å². The van der Waals surface area contributed by atoms with Crippen molar-refractivity contribution in [1.82, 2.24) is 20.5 Å². The minimum Gasteiger partial charge on any atom is -0.506 e. The van der Waals surface area contributed by atoms with Crippen LogP contribution in [0.1, 0.15) is 49.4 Å². The molecule has 12 heteroatoms. The Morgan fingerprint density at radius 1 is 0.953 bits per heavy atom. The van der Waals surface area contributed by atoms with E-state index in [0.717, 1.165) is 17.8 Å². The number of carboxylic acids is 1. The van der Waals surface area contributed by atoms with Gasteiger partial charge in [-0.25, -0.2) is 0 Å². The number of aromatic nitrogens is 1. The van der Waals surface area contributed by atoms with Crippen LogP contribution < -0.4 is 16.2 Å². The van der Waals surface area contributed by atoms with E-state index >= 15 is 0 Å². The standard InChI is InChI=1S/C31H32N4O7S/c36-22-10-8-20(21-9-13-26(38)34-27(21)22)23(37)16-32-14-4-5-15-33-28(39)24-11-12-25(43-24)29(40)35-17-31(18-35,30(41)42)19-6-2-1-3-7-19/h1-3,6-13,23,32,36-37H,4-5,14-18H2,(H,33,39)(H,34,38)(H,41,42). The Morgan fingerprint density at radius 2 is 1.67 bits per heavy atom. The van der Waals surface area contributed by atoms with E-state index in [4.69, 9.17) is 0 Å². The number of hydrogen-bond acceptors (Lipinski definition) is 8. The summed E-state index contributed by atoms with van der Waals surface area (Å²) in [4.78, 5) is 54.0. The van der Waals surface area contributed by atoms with Crippen molar-refractivity contribution in [3.05, 3.63) is 98.0 Å². The van der Waals surface area contributed by atoms with Crippen molar-refractivity contribution < 1.29 is 29.7 Å². The first-order chi connectivity index (χ1) is 20.7. The highest BCUT2D eigenvalue weighted by Crippen LogP contribution is 2.36. The minimum absolute atomic E-state index is 0.0641. The second-order valence-corrected chi connectivity index (χ2v) is 11.6. The zero-order valence-corrected chi connectivity index (χ0v) is 24.0. The van der Waals surface area contributed by atoms with Gasteiger partial charge in [0.1, 0.15) is 11.2 Å². The third kappa shape index (κ3) is 6.31. The maximum absolute atomic E-state index is 13.0. The van der Waals surface area contributed by atoms with E-state index in [9.17, 15) is 34.5 Å². The Bertz CT molecular complexity index is 1700. The van der Waals surface area contributed by atoms with Crippen LogP contribution in [0.25, 0.3) is 10.9 Å². The third-order valence-corrected chi connectivity index (χ3v) is 8.73. The van der Waals surface area contributed by atoms with Crippen molar-refractivity contribution >= 4 is 40.0 Å². The number of aromatic amines is 1. The Morgan fingerprint density at radius 3 is 2.42 bits per heavy atom. The quantitative estimate of drug-likeness (QED) is 0.134. The molecule has 3 heterocycles. The fourth-order valence-corrected chi connectivity index (χ4v) is 6.13. The lowest BCUT2D eigenvalue weighted by Crippen LogP contribution is -2.64. The van der Waals surface area contributed by atoms with E-state index in [2.05, 4.69) is 15.6 Å². The van der Waals surface area contributed by atoms with E-state index in [1.807, 2.05) is 6.07 Å². The molecule has 1 atom stereocenters. The van der Waals surface area contributed by atoms with Crippen molar-refractivity contribution in [1.29, 1.82) is 0 Å². The number of likely N-dealkylation sites (tertiary alicyclic amines) is 1. The highest BCUT2D eigenvalue weighted by atomic mass is 32.1. The molecule has 0 aliphatic carbocycles. The molecule has 6 N–H and O–H groups in total. The molecule has 2 amide bonds. The molecule has 0 radical (unpaired) electrons. The number of aliphatic hydroxyl groups is 1. The fourth-order valence-electron chi connectivity index (χ4n) is 5.24. The van der Waals surface area contributed by atoms with Crippen LogP contribution in [-0.2, 0) is 10.2 Å². The summed E-state index contributed by atoms with van der Waals surface area (Å²) in [6.45, 7) is 1.45. The Balaban J connectivity index is 1.03. The van der Waals surface area contributed by atoms with Gasteiger partial charge < -0.3 is 35.8 Å². The zero-order chi connectivity index (χ0) is 30.6. The molecule has 0 saturated carbocycles. The lowest BCUT2D eigenvalue weighted by atomic mass is 9.73. The molecular weight excluding hydrogens is 572 g/mol. The predicted molar refractivity (Wildman–Crippen MR) is 162 cm³/mol. The van der Waals surface area contributed by atoms with Gasteiger partial charge in [-0.1, -0.05) is 36.4 Å². The number of aliphatic carboxylic acids is 1. The number of nitrogens with one attached hydrogen (secondary N) is 3. The molecular formula is C31H32N4O7S. The lowest BCUT2D eigenvalue weighted by molar-refractivity contribution is -0.149. The molecule has 43 heavy (non-hydrogen) atoms. The maximum atomic E-state index is 13.0. The molecule has 1 aliphatic heterocycles. The molecule has 2 aromatic heterocycles. The maximum Gasteiger partial charge on any atom is 0.317 e. The van der Waals surface area contributed by atoms with Crippen LogP contribution in [0.4, 0.5) is 0 Å². The van der Waals surface area contributed by atoms with E-state index in [0.29, 0.717) is 45.8 Å². The SMILES string of the molecule is O=C(NCCCCNCC(O)c1ccc(O)c2[nH]c(=O)ccc12)c1ccc(C(=O)N2CC(C(=O)O)(c3ccccc3)C2)s1. The van der Waals surface area contributed by atoms with Crippen LogP contribution in [0, 0.1) is 0 Å². The number of amides is 2. The molecule has 1 saturated heterocycles. The number of thiophene rings is 1. The fraction of sp³-hybridized carbons (Fsp3) is 0.290. The number of carbonyl (C=O) groups excluding carboxylic acids is 2. The van der Waals surface area contributed by atoms with Gasteiger partial charge in [0.05, 0.1) is 21.4 Å². The summed E-state index contributed by atoms with van der Waals surface area (Å²) < 4.78 is 0. The van der Waals surface area contributed by atoms with Gasteiger partial charge in [0, 0.05) is 37.6 Å². The largest absolute Gasteiger partial charge is 0.506 e. The summed E-state index contributed by atoms with van der Waals surface area (Å²) in [5, 5.41) is 37.1. The molecule has 0 bridgehead atoms. The van der Waals surface area contributed by atoms with Crippen LogP contribution in [0.3, 0.4) is 0 Å². The monoisotopic (exact) mass is 604 g/mol. The van der Waals surface area contributed by atoms with Crippen LogP contribution in [0.2, 0.25) is 0 Å². The first-order valence-electron chi connectivity index (χ1n) is 13.9. The van der Waals surface area contributed by atoms with Gasteiger partial charge in [-0.3, -0.25) is 19.2 Å². The number of unbranched alkanes of at least 4 members (excludes halogenated alkanes) is 1. The number of hydrogen-bond donors (Lipinski definition) is 6. The van der Waals surface area contributed by atoms with Gasteiger partial charge in [-0.15, -0.1) is 11.3 Å². The number of pyridine rings is 1. The van der Waals surface area contributed by atoms with Gasteiger partial charge in [0.25, 0.3) is 11.8 Å². The predicted octanol–water partition coefficient (Wildman–Crippen LogP) is 2.61. The lowest BCUT2D eigenvalue weighted by Gasteiger charge is -2.47. The summed E-state index contributed by atoms with van der Waals surface area (Å²) in [6.07, 6.45) is 0.589. The van der Waals surface area contributed by atoms with Gasteiger partial charge in [0.15, 0.2) is 0 Å². The van der Waals surface area contributed by atoms with Gasteiger partial charge in [-0.05, 0) is 54.8 Å². The molecule has 0 spiro atoms.